The highest BCUT2D eigenvalue weighted by atomic mass is 15.1. The van der Waals surface area contributed by atoms with Gasteiger partial charge in [-0.1, -0.05) is 30.3 Å². The predicted octanol–water partition coefficient (Wildman–Crippen LogP) is 2.25. The second-order valence-electron chi connectivity index (χ2n) is 5.66. The van der Waals surface area contributed by atoms with Gasteiger partial charge in [0.05, 0.1) is 0 Å². The van der Waals surface area contributed by atoms with Gasteiger partial charge >= 0.3 is 0 Å². The average Bonchev–Trinajstić information content (AvgIpc) is 2.63. The Morgan fingerprint density at radius 2 is 1.74 bits per heavy atom. The van der Waals surface area contributed by atoms with E-state index in [1.165, 1.54) is 0 Å². The molecule has 116 valence electrons. The third-order valence-electron chi connectivity index (χ3n) is 4.05. The molecule has 2 aromatic heterocycles. The van der Waals surface area contributed by atoms with E-state index in [0.717, 1.165) is 42.7 Å². The van der Waals surface area contributed by atoms with Gasteiger partial charge in [-0.3, -0.25) is 0 Å². The van der Waals surface area contributed by atoms with Gasteiger partial charge in [-0.05, 0) is 25.9 Å². The summed E-state index contributed by atoms with van der Waals surface area (Å²) in [4.78, 5) is 18.0. The molecule has 1 aromatic carbocycles. The molecule has 2 N–H and O–H groups in total. The fourth-order valence-corrected chi connectivity index (χ4v) is 2.87. The van der Waals surface area contributed by atoms with Crippen LogP contribution in [0.2, 0.25) is 0 Å². The van der Waals surface area contributed by atoms with Crippen molar-refractivity contribution < 1.29 is 0 Å². The summed E-state index contributed by atoms with van der Waals surface area (Å²) in [5.74, 6) is 0.628. The summed E-state index contributed by atoms with van der Waals surface area (Å²) in [5.41, 5.74) is 3.20. The zero-order valence-corrected chi connectivity index (χ0v) is 12.7. The van der Waals surface area contributed by atoms with E-state index in [1.54, 1.807) is 12.4 Å². The Morgan fingerprint density at radius 1 is 0.957 bits per heavy atom. The molecule has 3 aromatic rings. The number of aromatic nitrogens is 4. The average molecular weight is 306 g/mol. The molecule has 6 nitrogen and oxygen atoms in total. The summed E-state index contributed by atoms with van der Waals surface area (Å²) in [6, 6.07) is 10.5. The summed E-state index contributed by atoms with van der Waals surface area (Å²) in [5, 5.41) is 6.82. The first kappa shape index (κ1) is 14.0. The maximum absolute atomic E-state index is 4.72. The predicted molar refractivity (Wildman–Crippen MR) is 90.1 cm³/mol. The Hall–Kier alpha value is -2.60. The first-order valence-corrected chi connectivity index (χ1v) is 7.91. The standard InChI is InChI=1S/C17H18N6/c1-2-4-12(5-3-1)14-15-16(20-11-10-19-15)23-17(22-14)21-13-6-8-18-9-7-13/h1-5,10-11,13,18H,6-9H2,(H,20,21,22,23). The van der Waals surface area contributed by atoms with Gasteiger partial charge < -0.3 is 10.6 Å². The van der Waals surface area contributed by atoms with Gasteiger partial charge in [0.15, 0.2) is 5.65 Å². The van der Waals surface area contributed by atoms with E-state index in [0.29, 0.717) is 17.6 Å². The topological polar surface area (TPSA) is 75.6 Å². The Balaban J connectivity index is 1.77. The third kappa shape index (κ3) is 2.98. The molecule has 0 atom stereocenters. The van der Waals surface area contributed by atoms with Gasteiger partial charge in [-0.25, -0.2) is 15.0 Å². The first-order chi connectivity index (χ1) is 11.4. The Labute approximate surface area is 134 Å². The van der Waals surface area contributed by atoms with Gasteiger partial charge in [0.2, 0.25) is 5.95 Å². The van der Waals surface area contributed by atoms with Gasteiger partial charge in [0, 0.05) is 24.0 Å². The van der Waals surface area contributed by atoms with Crippen LogP contribution < -0.4 is 10.6 Å². The fraction of sp³-hybridized carbons (Fsp3) is 0.294. The quantitative estimate of drug-likeness (QED) is 0.773. The summed E-state index contributed by atoms with van der Waals surface area (Å²) in [6.45, 7) is 2.05. The van der Waals surface area contributed by atoms with Crippen molar-refractivity contribution in [3.05, 3.63) is 42.7 Å². The van der Waals surface area contributed by atoms with E-state index in [9.17, 15) is 0 Å². The second-order valence-corrected chi connectivity index (χ2v) is 5.66. The summed E-state index contributed by atoms with van der Waals surface area (Å²) < 4.78 is 0. The van der Waals surface area contributed by atoms with Crippen LogP contribution in [0.1, 0.15) is 12.8 Å². The van der Waals surface area contributed by atoms with Crippen LogP contribution in [0.3, 0.4) is 0 Å². The minimum Gasteiger partial charge on any atom is -0.351 e. The number of nitrogens with zero attached hydrogens (tertiary/aromatic N) is 4. The van der Waals surface area contributed by atoms with E-state index in [4.69, 9.17) is 4.98 Å². The molecular formula is C17H18N6. The van der Waals surface area contributed by atoms with Crippen LogP contribution >= 0.6 is 0 Å². The zero-order chi connectivity index (χ0) is 15.5. The van der Waals surface area contributed by atoms with Gasteiger partial charge in [-0.15, -0.1) is 0 Å². The molecule has 0 bridgehead atoms. The number of piperidine rings is 1. The van der Waals surface area contributed by atoms with Crippen molar-refractivity contribution in [3.8, 4) is 11.3 Å². The number of rotatable bonds is 3. The third-order valence-corrected chi connectivity index (χ3v) is 4.05. The van der Waals surface area contributed by atoms with Crippen LogP contribution in [0.5, 0.6) is 0 Å². The number of anilines is 1. The molecule has 4 rings (SSSR count). The Kier molecular flexibility index (Phi) is 3.81. The maximum Gasteiger partial charge on any atom is 0.225 e. The zero-order valence-electron chi connectivity index (χ0n) is 12.7. The van der Waals surface area contributed by atoms with Crippen LogP contribution in [0.15, 0.2) is 42.7 Å². The fourth-order valence-electron chi connectivity index (χ4n) is 2.87. The lowest BCUT2D eigenvalue weighted by Gasteiger charge is -2.23. The Bertz CT molecular complexity index is 799. The summed E-state index contributed by atoms with van der Waals surface area (Å²) in [7, 11) is 0. The molecule has 23 heavy (non-hydrogen) atoms. The molecule has 0 spiro atoms. The van der Waals surface area contributed by atoms with Crippen molar-refractivity contribution in [2.24, 2.45) is 0 Å². The highest BCUT2D eigenvalue weighted by Crippen LogP contribution is 2.25. The molecule has 1 aliphatic rings. The largest absolute Gasteiger partial charge is 0.351 e. The molecule has 0 saturated carbocycles. The van der Waals surface area contributed by atoms with Gasteiger partial charge in [0.25, 0.3) is 0 Å². The Morgan fingerprint density at radius 3 is 2.57 bits per heavy atom. The molecule has 1 fully saturated rings. The SMILES string of the molecule is c1ccc(-c2nc(NC3CCNCC3)nc3nccnc23)cc1. The first-order valence-electron chi connectivity index (χ1n) is 7.91. The van der Waals surface area contributed by atoms with E-state index < -0.39 is 0 Å². The van der Waals surface area contributed by atoms with Crippen LogP contribution in [0, 0.1) is 0 Å². The molecular weight excluding hydrogens is 288 g/mol. The maximum atomic E-state index is 4.72. The lowest BCUT2D eigenvalue weighted by Crippen LogP contribution is -2.35. The smallest absolute Gasteiger partial charge is 0.225 e. The van der Waals surface area contributed by atoms with E-state index in [2.05, 4.69) is 25.6 Å². The van der Waals surface area contributed by atoms with E-state index >= 15 is 0 Å². The molecule has 0 aliphatic carbocycles. The lowest BCUT2D eigenvalue weighted by molar-refractivity contribution is 0.477. The number of fused-ring (bicyclic) bond motifs is 1. The molecule has 0 radical (unpaired) electrons. The van der Waals surface area contributed by atoms with E-state index in [-0.39, 0.29) is 0 Å². The van der Waals surface area contributed by atoms with Crippen LogP contribution in [0.4, 0.5) is 5.95 Å². The molecule has 6 heteroatoms. The minimum absolute atomic E-state index is 0.397. The minimum atomic E-state index is 0.397. The van der Waals surface area contributed by atoms with Crippen molar-refractivity contribution in [3.63, 3.8) is 0 Å². The molecule has 3 heterocycles. The number of hydrogen-bond acceptors (Lipinski definition) is 6. The normalized spacial score (nSPS) is 15.7. The second kappa shape index (κ2) is 6.26. The van der Waals surface area contributed by atoms with E-state index in [1.807, 2.05) is 30.3 Å². The lowest BCUT2D eigenvalue weighted by atomic mass is 10.1. The monoisotopic (exact) mass is 306 g/mol. The summed E-state index contributed by atoms with van der Waals surface area (Å²) in [6.07, 6.45) is 5.49. The van der Waals surface area contributed by atoms with Crippen LogP contribution in [0.25, 0.3) is 22.4 Å². The van der Waals surface area contributed by atoms with Crippen LogP contribution in [-0.4, -0.2) is 39.1 Å². The van der Waals surface area contributed by atoms with Crippen LogP contribution in [-0.2, 0) is 0 Å². The van der Waals surface area contributed by atoms with Crippen molar-refractivity contribution in [1.82, 2.24) is 25.3 Å². The van der Waals surface area contributed by atoms with Crippen molar-refractivity contribution in [2.45, 2.75) is 18.9 Å². The van der Waals surface area contributed by atoms with Crippen molar-refractivity contribution in [1.29, 1.82) is 0 Å². The van der Waals surface area contributed by atoms with Gasteiger partial charge in [-0.2, -0.15) is 4.98 Å². The summed E-state index contributed by atoms with van der Waals surface area (Å²) >= 11 is 0. The highest BCUT2D eigenvalue weighted by molar-refractivity contribution is 5.87. The van der Waals surface area contributed by atoms with Gasteiger partial charge in [0.1, 0.15) is 11.2 Å². The molecule has 0 unspecified atom stereocenters. The number of nitrogens with one attached hydrogen (secondary N) is 2. The van der Waals surface area contributed by atoms with Crippen molar-refractivity contribution >= 4 is 17.1 Å². The van der Waals surface area contributed by atoms with Crippen molar-refractivity contribution in [2.75, 3.05) is 18.4 Å². The number of benzene rings is 1. The molecule has 1 aliphatic heterocycles. The molecule has 0 amide bonds. The number of hydrogen-bond donors (Lipinski definition) is 2. The highest BCUT2D eigenvalue weighted by Gasteiger charge is 2.16. The molecule has 1 saturated heterocycles.